The molecule has 2 aromatic heterocycles. The van der Waals surface area contributed by atoms with Crippen molar-refractivity contribution in [3.05, 3.63) is 33.9 Å². The van der Waals surface area contributed by atoms with E-state index in [4.69, 9.17) is 11.6 Å². The van der Waals surface area contributed by atoms with Crippen molar-refractivity contribution >= 4 is 22.9 Å². The second kappa shape index (κ2) is 4.37. The normalized spacial score (nSPS) is 19.1. The lowest BCUT2D eigenvalue weighted by Gasteiger charge is -2.14. The zero-order chi connectivity index (χ0) is 11.8. The molecule has 0 radical (unpaired) electrons. The molecule has 2 aromatic rings. The Bertz CT molecular complexity index is 538. The molecule has 1 N–H and O–H groups in total. The summed E-state index contributed by atoms with van der Waals surface area (Å²) in [6, 6.07) is 3.67. The third kappa shape index (κ3) is 2.08. The van der Waals surface area contributed by atoms with Gasteiger partial charge in [0.25, 0.3) is 0 Å². The fourth-order valence-corrected chi connectivity index (χ4v) is 3.23. The van der Waals surface area contributed by atoms with Crippen molar-refractivity contribution in [2.75, 3.05) is 0 Å². The maximum atomic E-state index is 9.89. The van der Waals surface area contributed by atoms with Crippen LogP contribution >= 0.6 is 22.9 Å². The summed E-state index contributed by atoms with van der Waals surface area (Å²) >= 11 is 7.34. The average Bonchev–Trinajstić information content (AvgIpc) is 2.75. The van der Waals surface area contributed by atoms with Crippen molar-refractivity contribution in [1.29, 1.82) is 0 Å². The topological polar surface area (TPSA) is 46.0 Å². The van der Waals surface area contributed by atoms with E-state index in [0.29, 0.717) is 5.02 Å². The van der Waals surface area contributed by atoms with Crippen molar-refractivity contribution < 1.29 is 5.11 Å². The predicted octanol–water partition coefficient (Wildman–Crippen LogP) is 3.23. The second-order valence-corrected chi connectivity index (χ2v) is 5.57. The number of pyridine rings is 1. The van der Waals surface area contributed by atoms with Gasteiger partial charge in [-0.15, -0.1) is 11.3 Å². The van der Waals surface area contributed by atoms with Crippen LogP contribution in [0.15, 0.2) is 18.3 Å². The maximum absolute atomic E-state index is 9.89. The molecule has 0 aliphatic heterocycles. The smallest absolute Gasteiger partial charge is 0.142 e. The number of hydrogen-bond acceptors (Lipinski definition) is 4. The minimum Gasteiger partial charge on any atom is -0.388 e. The summed E-state index contributed by atoms with van der Waals surface area (Å²) in [4.78, 5) is 9.81. The molecule has 17 heavy (non-hydrogen) atoms. The SMILES string of the molecule is OC1CCCc2nc(-c3ccc(Cl)cn3)sc21. The van der Waals surface area contributed by atoms with Crippen molar-refractivity contribution in [3.63, 3.8) is 0 Å². The molecule has 1 atom stereocenters. The molecular formula is C12H11ClN2OS. The van der Waals surface area contributed by atoms with Crippen LogP contribution in [0.25, 0.3) is 10.7 Å². The number of thiazole rings is 1. The predicted molar refractivity (Wildman–Crippen MR) is 68.3 cm³/mol. The van der Waals surface area contributed by atoms with Crippen LogP contribution in [-0.4, -0.2) is 15.1 Å². The van der Waals surface area contributed by atoms with Crippen LogP contribution in [0.3, 0.4) is 0 Å². The van der Waals surface area contributed by atoms with E-state index in [9.17, 15) is 5.11 Å². The molecular weight excluding hydrogens is 256 g/mol. The van der Waals surface area contributed by atoms with Crippen molar-refractivity contribution in [2.24, 2.45) is 0 Å². The molecule has 0 amide bonds. The van der Waals surface area contributed by atoms with Gasteiger partial charge in [0, 0.05) is 6.20 Å². The Labute approximate surface area is 108 Å². The highest BCUT2D eigenvalue weighted by Crippen LogP contribution is 2.37. The monoisotopic (exact) mass is 266 g/mol. The Hall–Kier alpha value is -0.970. The van der Waals surface area contributed by atoms with Gasteiger partial charge in [0.2, 0.25) is 0 Å². The van der Waals surface area contributed by atoms with Crippen molar-refractivity contribution in [1.82, 2.24) is 9.97 Å². The molecule has 1 aliphatic carbocycles. The highest BCUT2D eigenvalue weighted by atomic mass is 35.5. The number of aromatic nitrogens is 2. The molecule has 5 heteroatoms. The van der Waals surface area contributed by atoms with E-state index in [0.717, 1.165) is 40.5 Å². The van der Waals surface area contributed by atoms with Crippen LogP contribution in [0, 0.1) is 0 Å². The Kier molecular flexibility index (Phi) is 2.86. The molecule has 88 valence electrons. The number of aliphatic hydroxyl groups excluding tert-OH is 1. The van der Waals surface area contributed by atoms with Gasteiger partial charge in [-0.25, -0.2) is 4.98 Å². The quantitative estimate of drug-likeness (QED) is 0.862. The standard InChI is InChI=1S/C12H11ClN2OS/c13-7-4-5-9(14-6-7)12-15-8-2-1-3-10(16)11(8)17-12/h4-6,10,16H,1-3H2. The number of halogens is 1. The molecule has 0 aromatic carbocycles. The lowest BCUT2D eigenvalue weighted by Crippen LogP contribution is -2.06. The van der Waals surface area contributed by atoms with Gasteiger partial charge in [-0.1, -0.05) is 11.6 Å². The van der Waals surface area contributed by atoms with E-state index in [1.54, 1.807) is 12.3 Å². The summed E-state index contributed by atoms with van der Waals surface area (Å²) < 4.78 is 0. The molecule has 3 rings (SSSR count). The summed E-state index contributed by atoms with van der Waals surface area (Å²) in [5.41, 5.74) is 1.85. The van der Waals surface area contributed by atoms with Gasteiger partial charge >= 0.3 is 0 Å². The van der Waals surface area contributed by atoms with Gasteiger partial charge in [-0.2, -0.15) is 0 Å². The fourth-order valence-electron chi connectivity index (χ4n) is 2.01. The second-order valence-electron chi connectivity index (χ2n) is 4.10. The Morgan fingerprint density at radius 3 is 3.00 bits per heavy atom. The summed E-state index contributed by atoms with van der Waals surface area (Å²) in [6.45, 7) is 0. The molecule has 3 nitrogen and oxygen atoms in total. The fraction of sp³-hybridized carbons (Fsp3) is 0.333. The first-order valence-electron chi connectivity index (χ1n) is 5.53. The zero-order valence-electron chi connectivity index (χ0n) is 9.06. The van der Waals surface area contributed by atoms with E-state index < -0.39 is 0 Å². The van der Waals surface area contributed by atoms with E-state index in [2.05, 4.69) is 9.97 Å². The first-order chi connectivity index (χ1) is 8.24. The number of rotatable bonds is 1. The third-order valence-corrected chi connectivity index (χ3v) is 4.31. The average molecular weight is 267 g/mol. The van der Waals surface area contributed by atoms with Gasteiger partial charge in [-0.3, -0.25) is 4.98 Å². The van der Waals surface area contributed by atoms with Gasteiger partial charge in [-0.05, 0) is 31.4 Å². The lowest BCUT2D eigenvalue weighted by molar-refractivity contribution is 0.160. The van der Waals surface area contributed by atoms with Crippen LogP contribution in [0.5, 0.6) is 0 Å². The van der Waals surface area contributed by atoms with Crippen LogP contribution in [-0.2, 0) is 6.42 Å². The molecule has 1 aliphatic rings. The number of hydrogen-bond donors (Lipinski definition) is 1. The Balaban J connectivity index is 2.02. The minimum atomic E-state index is -0.350. The summed E-state index contributed by atoms with van der Waals surface area (Å²) in [5.74, 6) is 0. The van der Waals surface area contributed by atoms with E-state index in [1.165, 1.54) is 11.3 Å². The van der Waals surface area contributed by atoms with Crippen LogP contribution < -0.4 is 0 Å². The molecule has 0 saturated heterocycles. The summed E-state index contributed by atoms with van der Waals surface area (Å²) in [6.07, 6.45) is 4.07. The highest BCUT2D eigenvalue weighted by Gasteiger charge is 2.23. The molecule has 1 unspecified atom stereocenters. The molecule has 0 fully saturated rings. The zero-order valence-corrected chi connectivity index (χ0v) is 10.6. The van der Waals surface area contributed by atoms with E-state index in [1.807, 2.05) is 6.07 Å². The van der Waals surface area contributed by atoms with Crippen LogP contribution in [0.1, 0.15) is 29.5 Å². The first kappa shape index (κ1) is 11.1. The number of fused-ring (bicyclic) bond motifs is 1. The highest BCUT2D eigenvalue weighted by molar-refractivity contribution is 7.15. The molecule has 0 saturated carbocycles. The lowest BCUT2D eigenvalue weighted by atomic mass is 10.0. The van der Waals surface area contributed by atoms with Crippen LogP contribution in [0.4, 0.5) is 0 Å². The van der Waals surface area contributed by atoms with Crippen molar-refractivity contribution in [2.45, 2.75) is 25.4 Å². The van der Waals surface area contributed by atoms with Crippen molar-refractivity contribution in [3.8, 4) is 10.7 Å². The summed E-state index contributed by atoms with van der Waals surface area (Å²) in [5, 5.41) is 11.4. The largest absolute Gasteiger partial charge is 0.388 e. The first-order valence-corrected chi connectivity index (χ1v) is 6.73. The molecule has 2 heterocycles. The Morgan fingerprint density at radius 1 is 1.41 bits per heavy atom. The third-order valence-electron chi connectivity index (χ3n) is 2.87. The maximum Gasteiger partial charge on any atom is 0.142 e. The minimum absolute atomic E-state index is 0.350. The van der Waals surface area contributed by atoms with Gasteiger partial charge < -0.3 is 5.11 Å². The molecule has 0 bridgehead atoms. The molecule has 0 spiro atoms. The van der Waals surface area contributed by atoms with Gasteiger partial charge in [0.1, 0.15) is 5.01 Å². The number of nitrogens with zero attached hydrogens (tertiary/aromatic N) is 2. The van der Waals surface area contributed by atoms with E-state index >= 15 is 0 Å². The van der Waals surface area contributed by atoms with E-state index in [-0.39, 0.29) is 6.10 Å². The Morgan fingerprint density at radius 2 is 2.29 bits per heavy atom. The van der Waals surface area contributed by atoms with Gasteiger partial charge in [0.15, 0.2) is 0 Å². The summed E-state index contributed by atoms with van der Waals surface area (Å²) in [7, 11) is 0. The van der Waals surface area contributed by atoms with Gasteiger partial charge in [0.05, 0.1) is 27.4 Å². The number of aliphatic hydroxyl groups is 1. The number of aryl methyl sites for hydroxylation is 1. The van der Waals surface area contributed by atoms with Crippen LogP contribution in [0.2, 0.25) is 5.02 Å².